The van der Waals surface area contributed by atoms with Gasteiger partial charge in [0.1, 0.15) is 11.9 Å². The van der Waals surface area contributed by atoms with Gasteiger partial charge >= 0.3 is 13.8 Å². The average molecular weight is 590 g/mol. The third kappa shape index (κ3) is 5.99. The highest BCUT2D eigenvalue weighted by atomic mass is 31.2. The van der Waals surface area contributed by atoms with Gasteiger partial charge in [0.05, 0.1) is 6.16 Å². The van der Waals surface area contributed by atoms with Crippen LogP contribution < -0.4 is 0 Å². The minimum Gasteiger partial charge on any atom is -0.398 e. The molecule has 0 saturated heterocycles. The molecule has 0 aliphatic rings. The highest BCUT2D eigenvalue weighted by Crippen LogP contribution is 2.50. The minimum atomic E-state index is -5.07. The van der Waals surface area contributed by atoms with Crippen LogP contribution in [-0.2, 0) is 20.1 Å². The zero-order valence-electron chi connectivity index (χ0n) is 22.3. The van der Waals surface area contributed by atoms with Crippen molar-refractivity contribution in [1.82, 2.24) is 14.8 Å². The molecule has 1 aromatic heterocycles. The van der Waals surface area contributed by atoms with Crippen LogP contribution in [0.15, 0.2) is 97.3 Å². The summed E-state index contributed by atoms with van der Waals surface area (Å²) in [5, 5.41) is 4.47. The van der Waals surface area contributed by atoms with Crippen molar-refractivity contribution in [3.8, 4) is 0 Å². The lowest BCUT2D eigenvalue weighted by molar-refractivity contribution is -0.262. The van der Waals surface area contributed by atoms with Gasteiger partial charge in [-0.25, -0.2) is 9.67 Å². The molecule has 1 atom stereocenters. The Morgan fingerprint density at radius 2 is 1.25 bits per heavy atom. The van der Waals surface area contributed by atoms with Crippen LogP contribution in [-0.4, -0.2) is 45.2 Å². The first kappa shape index (κ1) is 29.9. The van der Waals surface area contributed by atoms with Crippen LogP contribution in [0.3, 0.4) is 0 Å². The van der Waals surface area contributed by atoms with Gasteiger partial charge in [0.15, 0.2) is 14.1 Å². The molecule has 0 amide bonds. The molecular formula is C28H31F3N3O4PSi. The van der Waals surface area contributed by atoms with E-state index in [1.807, 2.05) is 91.0 Å². The van der Waals surface area contributed by atoms with Crippen LogP contribution in [0.5, 0.6) is 0 Å². The average Bonchev–Trinajstić information content (AvgIpc) is 3.38. The minimum absolute atomic E-state index is 0.706. The molecule has 0 spiro atoms. The first-order valence-electron chi connectivity index (χ1n) is 12.6. The zero-order valence-corrected chi connectivity index (χ0v) is 24.2. The van der Waals surface area contributed by atoms with E-state index in [4.69, 9.17) is 4.43 Å². The second kappa shape index (κ2) is 11.1. The maximum Gasteiger partial charge on any atom is 0.423 e. The van der Waals surface area contributed by atoms with Crippen molar-refractivity contribution >= 4 is 15.9 Å². The first-order valence-corrected chi connectivity index (χ1v) is 17.8. The lowest BCUT2D eigenvalue weighted by atomic mass is 9.77. The van der Waals surface area contributed by atoms with Gasteiger partial charge in [-0.15, -0.1) is 0 Å². The highest BCUT2D eigenvalue weighted by molar-refractivity contribution is 7.51. The van der Waals surface area contributed by atoms with Crippen molar-refractivity contribution in [3.63, 3.8) is 0 Å². The van der Waals surface area contributed by atoms with E-state index in [9.17, 15) is 27.5 Å². The molecule has 0 aliphatic carbocycles. The number of nitrogens with zero attached hydrogens (tertiary/aromatic N) is 3. The fourth-order valence-electron chi connectivity index (χ4n) is 4.91. The molecule has 4 rings (SSSR count). The van der Waals surface area contributed by atoms with Crippen LogP contribution in [0.4, 0.5) is 13.2 Å². The topological polar surface area (TPSA) is 97.5 Å². The smallest absolute Gasteiger partial charge is 0.398 e. The molecule has 0 saturated carbocycles. The monoisotopic (exact) mass is 589 g/mol. The Morgan fingerprint density at radius 3 is 1.60 bits per heavy atom. The lowest BCUT2D eigenvalue weighted by Gasteiger charge is -2.39. The lowest BCUT2D eigenvalue weighted by Crippen LogP contribution is -2.52. The van der Waals surface area contributed by atoms with Crippen molar-refractivity contribution in [2.24, 2.45) is 0 Å². The van der Waals surface area contributed by atoms with E-state index in [0.717, 1.165) is 16.7 Å². The second-order valence-electron chi connectivity index (χ2n) is 10.5. The quantitative estimate of drug-likeness (QED) is 0.128. The van der Waals surface area contributed by atoms with Crippen LogP contribution >= 0.6 is 7.60 Å². The molecule has 12 heteroatoms. The van der Waals surface area contributed by atoms with Crippen molar-refractivity contribution < 1.29 is 31.9 Å². The summed E-state index contributed by atoms with van der Waals surface area (Å²) in [7, 11) is -7.79. The predicted octanol–water partition coefficient (Wildman–Crippen LogP) is 6.30. The molecule has 212 valence electrons. The number of rotatable bonds is 10. The Hall–Kier alpha value is -3.08. The number of aromatic nitrogens is 3. The van der Waals surface area contributed by atoms with Crippen molar-refractivity contribution in [2.75, 3.05) is 6.16 Å². The van der Waals surface area contributed by atoms with E-state index < -0.39 is 51.6 Å². The van der Waals surface area contributed by atoms with E-state index in [1.54, 1.807) is 19.6 Å². The zero-order chi connectivity index (χ0) is 29.2. The maximum absolute atomic E-state index is 15.0. The summed E-state index contributed by atoms with van der Waals surface area (Å²) in [6.45, 7) is 4.72. The maximum atomic E-state index is 15.0. The van der Waals surface area contributed by atoms with Crippen molar-refractivity contribution in [1.29, 1.82) is 0 Å². The largest absolute Gasteiger partial charge is 0.423 e. The van der Waals surface area contributed by atoms with Gasteiger partial charge in [-0.05, 0) is 36.3 Å². The normalized spacial score (nSPS) is 14.6. The molecule has 4 aromatic rings. The number of hydrogen-bond donors (Lipinski definition) is 2. The van der Waals surface area contributed by atoms with E-state index in [1.165, 1.54) is 11.0 Å². The number of benzene rings is 3. The van der Waals surface area contributed by atoms with Gasteiger partial charge in [0.2, 0.25) is 5.60 Å². The SMILES string of the molecule is C[Si](C)(C)OC(CCP(=O)(O)O)(c1ncn(C(c2ccccc2)(c2ccccc2)c2ccccc2)n1)C(F)(F)F. The summed E-state index contributed by atoms with van der Waals surface area (Å²) in [6.07, 6.45) is -5.92. The summed E-state index contributed by atoms with van der Waals surface area (Å²) in [5.74, 6) is -0.706. The molecule has 0 radical (unpaired) electrons. The molecule has 1 unspecified atom stereocenters. The van der Waals surface area contributed by atoms with Gasteiger partial charge in [0.25, 0.3) is 0 Å². The Balaban J connectivity index is 2.05. The molecule has 0 aliphatic heterocycles. The van der Waals surface area contributed by atoms with Crippen molar-refractivity contribution in [2.45, 2.75) is 43.4 Å². The standard InChI is InChI=1S/C28H31F3N3O4PSi/c1-40(2,3)38-26(28(29,30)31,19-20-39(35,36)37)25-32-21-34(33-25)27(22-13-7-4-8-14-22,23-15-9-5-10-16-23)24-17-11-6-12-18-24/h4-18,21H,19-20H2,1-3H3,(H2,35,36,37). The molecule has 0 bridgehead atoms. The van der Waals surface area contributed by atoms with E-state index in [0.29, 0.717) is 0 Å². The number of halogens is 3. The summed E-state index contributed by atoms with van der Waals surface area (Å²) < 4.78 is 63.9. The Labute approximate surface area is 232 Å². The van der Waals surface area contributed by atoms with Crippen LogP contribution in [0.2, 0.25) is 19.6 Å². The molecule has 3 aromatic carbocycles. The van der Waals surface area contributed by atoms with Gasteiger partial charge in [-0.1, -0.05) is 91.0 Å². The summed E-state index contributed by atoms with van der Waals surface area (Å²) in [6, 6.07) is 27.7. The molecule has 0 fully saturated rings. The van der Waals surface area contributed by atoms with Gasteiger partial charge in [-0.3, -0.25) is 4.57 Å². The molecule has 7 nitrogen and oxygen atoms in total. The Morgan fingerprint density at radius 1 is 0.825 bits per heavy atom. The van der Waals surface area contributed by atoms with Gasteiger partial charge < -0.3 is 14.2 Å². The summed E-state index contributed by atoms with van der Waals surface area (Å²) in [5.41, 5.74) is -2.18. The van der Waals surface area contributed by atoms with Crippen LogP contribution in [0.25, 0.3) is 0 Å². The molecule has 40 heavy (non-hydrogen) atoms. The third-order valence-electron chi connectivity index (χ3n) is 6.46. The van der Waals surface area contributed by atoms with E-state index >= 15 is 0 Å². The van der Waals surface area contributed by atoms with Crippen molar-refractivity contribution in [3.05, 3.63) is 120 Å². The highest BCUT2D eigenvalue weighted by Gasteiger charge is 2.62. The molecular weight excluding hydrogens is 558 g/mol. The van der Waals surface area contributed by atoms with Gasteiger partial charge in [-0.2, -0.15) is 18.3 Å². The second-order valence-corrected chi connectivity index (χ2v) is 16.7. The number of hydrogen-bond acceptors (Lipinski definition) is 4. The first-order chi connectivity index (χ1) is 18.7. The third-order valence-corrected chi connectivity index (χ3v) is 8.23. The van der Waals surface area contributed by atoms with Crippen LogP contribution in [0.1, 0.15) is 28.9 Å². The Kier molecular flexibility index (Phi) is 8.27. The number of alkyl halides is 3. The predicted molar refractivity (Wildman–Crippen MR) is 148 cm³/mol. The Bertz CT molecular complexity index is 1360. The van der Waals surface area contributed by atoms with E-state index in [2.05, 4.69) is 10.1 Å². The fraction of sp³-hybridized carbons (Fsp3) is 0.286. The van der Waals surface area contributed by atoms with E-state index in [-0.39, 0.29) is 0 Å². The molecule has 2 N–H and O–H groups in total. The summed E-state index contributed by atoms with van der Waals surface area (Å²) >= 11 is 0. The molecule has 1 heterocycles. The van der Waals surface area contributed by atoms with Crippen LogP contribution in [0, 0.1) is 0 Å². The van der Waals surface area contributed by atoms with Gasteiger partial charge in [0, 0.05) is 6.42 Å². The summed E-state index contributed by atoms with van der Waals surface area (Å²) in [4.78, 5) is 23.2. The fourth-order valence-corrected chi connectivity index (χ4v) is 6.87.